The number of ether oxygens (including phenoxy) is 2. The lowest BCUT2D eigenvalue weighted by Crippen LogP contribution is -2.35. The number of fused-ring (bicyclic) bond motifs is 2. The van der Waals surface area contributed by atoms with E-state index in [4.69, 9.17) is 14.5 Å². The average Bonchev–Trinajstić information content (AvgIpc) is 3.78. The van der Waals surface area contributed by atoms with Crippen LogP contribution in [-0.2, 0) is 9.47 Å². The van der Waals surface area contributed by atoms with Crippen LogP contribution >= 0.6 is 15.9 Å². The lowest BCUT2D eigenvalue weighted by Gasteiger charge is -2.31. The molecule has 8 nitrogen and oxygen atoms in total. The van der Waals surface area contributed by atoms with Gasteiger partial charge < -0.3 is 29.2 Å². The Hall–Kier alpha value is -4.00. The summed E-state index contributed by atoms with van der Waals surface area (Å²) in [5.41, 5.74) is 5.57. The number of benzene rings is 4. The van der Waals surface area contributed by atoms with Gasteiger partial charge in [-0.1, -0.05) is 52.3 Å². The molecule has 272 valence electrons. The maximum Gasteiger partial charge on any atom is 0.143 e. The Balaban J connectivity index is 0.000000162. The van der Waals surface area contributed by atoms with Gasteiger partial charge in [-0.25, -0.2) is 18.7 Å². The van der Waals surface area contributed by atoms with Crippen molar-refractivity contribution in [2.45, 2.75) is 57.0 Å². The van der Waals surface area contributed by atoms with Crippen LogP contribution in [0.3, 0.4) is 0 Å². The maximum atomic E-state index is 14.6. The molecule has 0 radical (unpaired) electrons. The molecule has 0 saturated carbocycles. The van der Waals surface area contributed by atoms with Gasteiger partial charge in [0.15, 0.2) is 0 Å². The van der Waals surface area contributed by atoms with Crippen LogP contribution in [0.2, 0.25) is 0 Å². The number of aromatic amines is 2. The summed E-state index contributed by atoms with van der Waals surface area (Å²) in [5, 5.41) is 0. The van der Waals surface area contributed by atoms with E-state index in [0.29, 0.717) is 17.0 Å². The molecule has 0 bridgehead atoms. The molecule has 2 fully saturated rings. The zero-order valence-electron chi connectivity index (χ0n) is 29.8. The molecule has 52 heavy (non-hydrogen) atoms. The van der Waals surface area contributed by atoms with Gasteiger partial charge in [0.05, 0.1) is 34.3 Å². The second-order valence-corrected chi connectivity index (χ2v) is 14.9. The molecule has 6 aromatic rings. The van der Waals surface area contributed by atoms with Gasteiger partial charge in [0, 0.05) is 36.2 Å². The highest BCUT2D eigenvalue weighted by molar-refractivity contribution is 9.10. The van der Waals surface area contributed by atoms with Gasteiger partial charge in [-0.05, 0) is 106 Å². The molecule has 8 rings (SSSR count). The largest absolute Gasteiger partial charge is 0.362 e. The van der Waals surface area contributed by atoms with E-state index in [9.17, 15) is 8.78 Å². The topological polar surface area (TPSA) is 82.3 Å². The fraction of sp³-hybridized carbons (Fsp3) is 0.366. The van der Waals surface area contributed by atoms with E-state index in [0.717, 1.165) is 89.8 Å². The van der Waals surface area contributed by atoms with Crippen LogP contribution in [0.4, 0.5) is 8.78 Å². The summed E-state index contributed by atoms with van der Waals surface area (Å²) in [4.78, 5) is 20.6. The summed E-state index contributed by atoms with van der Waals surface area (Å²) in [5.74, 6) is 0.873. The van der Waals surface area contributed by atoms with Gasteiger partial charge in [0.2, 0.25) is 0 Å². The third kappa shape index (κ3) is 8.61. The zero-order valence-corrected chi connectivity index (χ0v) is 31.4. The fourth-order valence-corrected chi connectivity index (χ4v) is 7.27. The molecule has 0 aliphatic carbocycles. The maximum absolute atomic E-state index is 14.6. The number of piperidine rings is 2. The van der Waals surface area contributed by atoms with Crippen molar-refractivity contribution in [2.75, 3.05) is 40.3 Å². The molecule has 4 aromatic carbocycles. The van der Waals surface area contributed by atoms with Gasteiger partial charge in [-0.2, -0.15) is 0 Å². The van der Waals surface area contributed by atoms with Crippen molar-refractivity contribution >= 4 is 38.0 Å². The number of nitrogens with zero attached hydrogens (tertiary/aromatic N) is 4. The summed E-state index contributed by atoms with van der Waals surface area (Å²) in [6.45, 7) is 5.77. The third-order valence-corrected chi connectivity index (χ3v) is 10.5. The van der Waals surface area contributed by atoms with Crippen LogP contribution < -0.4 is 0 Å². The van der Waals surface area contributed by atoms with Crippen molar-refractivity contribution in [3.05, 3.63) is 129 Å². The summed E-state index contributed by atoms with van der Waals surface area (Å²) < 4.78 is 42.5. The Morgan fingerprint density at radius 2 is 1.19 bits per heavy atom. The smallest absolute Gasteiger partial charge is 0.143 e. The molecule has 2 unspecified atom stereocenters. The number of aryl methyl sites for hydroxylation is 1. The number of nitrogens with one attached hydrogen (secondary N) is 2. The van der Waals surface area contributed by atoms with E-state index in [1.54, 1.807) is 31.2 Å². The molecule has 2 aliphatic rings. The first-order valence-electron chi connectivity index (χ1n) is 18.0. The Bertz CT molecular complexity index is 2040. The Labute approximate surface area is 311 Å². The molecule has 2 atom stereocenters. The Morgan fingerprint density at radius 3 is 1.73 bits per heavy atom. The minimum Gasteiger partial charge on any atom is -0.362 e. The number of aromatic nitrogens is 4. The number of imidazole rings is 2. The number of likely N-dealkylation sites (tertiary alicyclic amines) is 2. The molecule has 2 saturated heterocycles. The fourth-order valence-electron chi connectivity index (χ4n) is 6.89. The van der Waals surface area contributed by atoms with E-state index in [-0.39, 0.29) is 23.8 Å². The van der Waals surface area contributed by atoms with Crippen LogP contribution in [-0.4, -0.2) is 82.2 Å². The van der Waals surface area contributed by atoms with Crippen molar-refractivity contribution in [3.8, 4) is 0 Å². The predicted molar refractivity (Wildman–Crippen MR) is 204 cm³/mol. The molecule has 0 spiro atoms. The second-order valence-electron chi connectivity index (χ2n) is 14.0. The minimum absolute atomic E-state index is 0.0859. The number of H-pyrrole nitrogens is 2. The van der Waals surface area contributed by atoms with Crippen molar-refractivity contribution < 1.29 is 18.3 Å². The highest BCUT2D eigenvalue weighted by Gasteiger charge is 2.29. The zero-order chi connectivity index (χ0) is 36.2. The van der Waals surface area contributed by atoms with Crippen molar-refractivity contribution in [1.82, 2.24) is 29.7 Å². The minimum atomic E-state index is -0.562. The number of hydrogen-bond acceptors (Lipinski definition) is 6. The standard InChI is InChI=1S/C21H24FN3O.C20H21BrFN3O/c1-14-7-8-15(13-17(14)22)20(26-16-9-11-25(2)12-10-16)21-23-18-5-3-4-6-19(18)24-21;1-25-10-8-14(9-11-25)26-19(15-12-13(21)6-7-16(15)22)20-23-17-4-2-3-5-18(17)24-20/h3-8,13,16,20H,9-12H2,1-2H3,(H,23,24);2-7,12,14,19H,8-11H2,1H3,(H,23,24). The highest BCUT2D eigenvalue weighted by Crippen LogP contribution is 2.34. The van der Waals surface area contributed by atoms with Gasteiger partial charge in [0.25, 0.3) is 0 Å². The third-order valence-electron chi connectivity index (χ3n) is 10.0. The summed E-state index contributed by atoms with van der Waals surface area (Å²) in [6, 6.07) is 26.0. The predicted octanol–water partition coefficient (Wildman–Crippen LogP) is 8.88. The number of halogens is 3. The van der Waals surface area contributed by atoms with E-state index >= 15 is 0 Å². The van der Waals surface area contributed by atoms with Gasteiger partial charge in [-0.15, -0.1) is 0 Å². The quantitative estimate of drug-likeness (QED) is 0.161. The lowest BCUT2D eigenvalue weighted by atomic mass is 10.0. The molecule has 4 heterocycles. The van der Waals surface area contributed by atoms with Crippen LogP contribution in [0.25, 0.3) is 22.1 Å². The molecule has 2 aromatic heterocycles. The monoisotopic (exact) mass is 770 g/mol. The summed E-state index contributed by atoms with van der Waals surface area (Å²) >= 11 is 3.45. The van der Waals surface area contributed by atoms with Crippen LogP contribution in [0, 0.1) is 18.6 Å². The van der Waals surface area contributed by atoms with Crippen molar-refractivity contribution in [3.63, 3.8) is 0 Å². The number of rotatable bonds is 8. The van der Waals surface area contributed by atoms with Gasteiger partial charge in [0.1, 0.15) is 35.5 Å². The lowest BCUT2D eigenvalue weighted by molar-refractivity contribution is -0.0276. The first-order chi connectivity index (χ1) is 25.2. The summed E-state index contributed by atoms with van der Waals surface area (Å²) in [6.07, 6.45) is 3.09. The number of hydrogen-bond donors (Lipinski definition) is 2. The average molecular weight is 772 g/mol. The molecule has 0 amide bonds. The first kappa shape index (κ1) is 36.4. The molecular formula is C41H45BrF2N6O2. The number of para-hydroxylation sites is 4. The highest BCUT2D eigenvalue weighted by atomic mass is 79.9. The molecule has 2 aliphatic heterocycles. The van der Waals surface area contributed by atoms with Crippen molar-refractivity contribution in [1.29, 1.82) is 0 Å². The normalized spacial score (nSPS) is 17.7. The Morgan fingerprint density at radius 1 is 0.673 bits per heavy atom. The SMILES string of the molecule is CN1CCC(OC(c2nc3ccccc3[nH]2)c2cc(Br)ccc2F)CC1.Cc1ccc(C(OC2CCN(C)CC2)c2nc3ccccc3[nH]2)cc1F. The molecule has 2 N–H and O–H groups in total. The van der Waals surface area contributed by atoms with Crippen LogP contribution in [0.1, 0.15) is 66.2 Å². The first-order valence-corrected chi connectivity index (χ1v) is 18.8. The van der Waals surface area contributed by atoms with E-state index in [1.165, 1.54) is 6.07 Å². The van der Waals surface area contributed by atoms with Gasteiger partial charge >= 0.3 is 0 Å². The molecule has 11 heteroatoms. The van der Waals surface area contributed by atoms with E-state index in [2.05, 4.69) is 54.8 Å². The summed E-state index contributed by atoms with van der Waals surface area (Å²) in [7, 11) is 4.24. The van der Waals surface area contributed by atoms with Crippen LogP contribution in [0.5, 0.6) is 0 Å². The van der Waals surface area contributed by atoms with Gasteiger partial charge in [-0.3, -0.25) is 0 Å². The molecular weight excluding hydrogens is 726 g/mol. The van der Waals surface area contributed by atoms with E-state index < -0.39 is 12.2 Å². The van der Waals surface area contributed by atoms with Crippen molar-refractivity contribution in [2.24, 2.45) is 0 Å². The van der Waals surface area contributed by atoms with Crippen LogP contribution in [0.15, 0.2) is 89.4 Å². The van der Waals surface area contributed by atoms with E-state index in [1.807, 2.05) is 54.6 Å². The second kappa shape index (κ2) is 16.3. The Kier molecular flexibility index (Phi) is 11.4.